The van der Waals surface area contributed by atoms with E-state index in [0.717, 1.165) is 31.4 Å². The smallest absolute Gasteiger partial charge is 0.190 e. The van der Waals surface area contributed by atoms with Crippen LogP contribution in [0.5, 0.6) is 0 Å². The van der Waals surface area contributed by atoms with Gasteiger partial charge in [-0.3, -0.25) is 4.99 Å². The van der Waals surface area contributed by atoms with Crippen molar-refractivity contribution in [3.8, 4) is 0 Å². The van der Waals surface area contributed by atoms with Crippen LogP contribution in [0.1, 0.15) is 48.4 Å². The number of aryl methyl sites for hydroxylation is 1. The van der Waals surface area contributed by atoms with E-state index >= 15 is 0 Å². The Kier molecular flexibility index (Phi) is 10.0. The fourth-order valence-corrected chi connectivity index (χ4v) is 3.71. The second-order valence-corrected chi connectivity index (χ2v) is 7.15. The van der Waals surface area contributed by atoms with E-state index < -0.39 is 0 Å². The van der Waals surface area contributed by atoms with Gasteiger partial charge in [0, 0.05) is 37.6 Å². The number of thiazole rings is 1. The van der Waals surface area contributed by atoms with Gasteiger partial charge in [0.15, 0.2) is 5.96 Å². The average Bonchev–Trinajstić information content (AvgIpc) is 3.13. The summed E-state index contributed by atoms with van der Waals surface area (Å²) in [6.45, 7) is 4.00. The first-order chi connectivity index (χ1) is 10.3. The van der Waals surface area contributed by atoms with E-state index in [-0.39, 0.29) is 24.0 Å². The maximum Gasteiger partial charge on any atom is 0.190 e. The Balaban J connectivity index is 0.00000242. The van der Waals surface area contributed by atoms with Crippen molar-refractivity contribution >= 4 is 41.3 Å². The Morgan fingerprint density at radius 1 is 1.32 bits per heavy atom. The molecule has 1 aliphatic carbocycles. The lowest BCUT2D eigenvalue weighted by Crippen LogP contribution is -2.38. The van der Waals surface area contributed by atoms with Crippen LogP contribution in [-0.2, 0) is 6.42 Å². The quantitative estimate of drug-likeness (QED) is 0.296. The summed E-state index contributed by atoms with van der Waals surface area (Å²) in [6.07, 6.45) is 11.3. The number of aliphatic imine (C=N–C) groups is 1. The van der Waals surface area contributed by atoms with Crippen LogP contribution >= 0.6 is 35.3 Å². The normalized spacial score (nSPS) is 15.6. The van der Waals surface area contributed by atoms with Crippen molar-refractivity contribution in [3.63, 3.8) is 0 Å². The average molecular weight is 436 g/mol. The molecule has 6 heteroatoms. The molecule has 0 aliphatic heterocycles. The van der Waals surface area contributed by atoms with Crippen LogP contribution < -0.4 is 10.6 Å². The van der Waals surface area contributed by atoms with Crippen LogP contribution in [0, 0.1) is 12.8 Å². The van der Waals surface area contributed by atoms with Gasteiger partial charge >= 0.3 is 0 Å². The summed E-state index contributed by atoms with van der Waals surface area (Å²) >= 11 is 1.77. The van der Waals surface area contributed by atoms with Crippen molar-refractivity contribution in [1.29, 1.82) is 0 Å². The second-order valence-electron chi connectivity index (χ2n) is 5.83. The van der Waals surface area contributed by atoms with Crippen LogP contribution in [-0.4, -0.2) is 31.1 Å². The number of halogens is 1. The summed E-state index contributed by atoms with van der Waals surface area (Å²) in [5, 5.41) is 7.96. The lowest BCUT2D eigenvalue weighted by atomic mass is 10.0. The van der Waals surface area contributed by atoms with Crippen LogP contribution in [0.4, 0.5) is 0 Å². The number of guanidine groups is 1. The number of nitrogens with one attached hydrogen (secondary N) is 2. The van der Waals surface area contributed by atoms with E-state index in [9.17, 15) is 0 Å². The highest BCUT2D eigenvalue weighted by molar-refractivity contribution is 14.0. The van der Waals surface area contributed by atoms with Gasteiger partial charge in [-0.1, -0.05) is 25.7 Å². The molecule has 1 saturated carbocycles. The van der Waals surface area contributed by atoms with Crippen LogP contribution in [0.15, 0.2) is 11.2 Å². The molecule has 0 spiro atoms. The maximum absolute atomic E-state index is 4.38. The van der Waals surface area contributed by atoms with Crippen molar-refractivity contribution in [1.82, 2.24) is 15.6 Å². The van der Waals surface area contributed by atoms with Crippen molar-refractivity contribution in [2.24, 2.45) is 10.9 Å². The molecule has 22 heavy (non-hydrogen) atoms. The first-order valence-electron chi connectivity index (χ1n) is 8.13. The van der Waals surface area contributed by atoms with Gasteiger partial charge < -0.3 is 10.6 Å². The summed E-state index contributed by atoms with van der Waals surface area (Å²) in [5.41, 5.74) is 0. The van der Waals surface area contributed by atoms with E-state index in [4.69, 9.17) is 0 Å². The molecule has 0 saturated heterocycles. The Bertz CT molecular complexity index is 441. The van der Waals surface area contributed by atoms with Gasteiger partial charge in [-0.15, -0.1) is 35.3 Å². The molecule has 0 amide bonds. The molecule has 1 heterocycles. The first-order valence-corrected chi connectivity index (χ1v) is 8.95. The molecular formula is C16H29IN4S. The molecule has 0 bridgehead atoms. The zero-order chi connectivity index (χ0) is 14.9. The summed E-state index contributed by atoms with van der Waals surface area (Å²) in [5.74, 6) is 1.89. The molecule has 0 atom stereocenters. The topological polar surface area (TPSA) is 49.3 Å². The SMILES string of the molecule is CN=C(NCCCC1CCCC1)NCCc1ncc(C)s1.I. The second kappa shape index (κ2) is 11.2. The molecule has 1 fully saturated rings. The third-order valence-corrected chi connectivity index (χ3v) is 5.05. The van der Waals surface area contributed by atoms with E-state index in [0.29, 0.717) is 0 Å². The summed E-state index contributed by atoms with van der Waals surface area (Å²) in [7, 11) is 1.83. The lowest BCUT2D eigenvalue weighted by molar-refractivity contribution is 0.481. The number of rotatable bonds is 7. The van der Waals surface area contributed by atoms with Gasteiger partial charge in [-0.05, 0) is 25.7 Å². The molecule has 0 unspecified atom stereocenters. The molecule has 2 rings (SSSR count). The third kappa shape index (κ3) is 7.26. The van der Waals surface area contributed by atoms with Gasteiger partial charge in [0.1, 0.15) is 0 Å². The molecule has 2 N–H and O–H groups in total. The first kappa shape index (κ1) is 19.7. The van der Waals surface area contributed by atoms with Crippen LogP contribution in [0.3, 0.4) is 0 Å². The Morgan fingerprint density at radius 2 is 2.05 bits per heavy atom. The molecule has 0 aromatic carbocycles. The van der Waals surface area contributed by atoms with Gasteiger partial charge in [-0.25, -0.2) is 4.98 Å². The molecule has 4 nitrogen and oxygen atoms in total. The Labute approximate surface area is 155 Å². The number of aromatic nitrogens is 1. The Morgan fingerprint density at radius 3 is 2.68 bits per heavy atom. The molecule has 1 aromatic rings. The van der Waals surface area contributed by atoms with E-state index in [2.05, 4.69) is 27.5 Å². The molecule has 1 aromatic heterocycles. The maximum atomic E-state index is 4.38. The van der Waals surface area contributed by atoms with E-state index in [1.807, 2.05) is 13.2 Å². The fraction of sp³-hybridized carbons (Fsp3) is 0.750. The fourth-order valence-electron chi connectivity index (χ4n) is 2.92. The number of hydrogen-bond acceptors (Lipinski definition) is 3. The minimum atomic E-state index is 0. The predicted molar refractivity (Wildman–Crippen MR) is 107 cm³/mol. The van der Waals surface area contributed by atoms with Crippen molar-refractivity contribution in [2.45, 2.75) is 51.9 Å². The highest BCUT2D eigenvalue weighted by Gasteiger charge is 2.13. The molecule has 1 aliphatic rings. The summed E-state index contributed by atoms with van der Waals surface area (Å²) < 4.78 is 0. The standard InChI is InChI=1S/C16H28N4S.HI/c1-13-12-20-15(21-13)9-11-19-16(17-2)18-10-5-8-14-6-3-4-7-14;/h12,14H,3-11H2,1-2H3,(H2,17,18,19);1H. The van der Waals surface area contributed by atoms with Gasteiger partial charge in [0.25, 0.3) is 0 Å². The predicted octanol–water partition coefficient (Wildman–Crippen LogP) is 3.75. The number of nitrogens with zero attached hydrogens (tertiary/aromatic N) is 2. The molecule has 126 valence electrons. The number of hydrogen-bond donors (Lipinski definition) is 2. The Hall–Kier alpha value is -0.370. The monoisotopic (exact) mass is 436 g/mol. The van der Waals surface area contributed by atoms with E-state index in [1.54, 1.807) is 11.3 Å². The largest absolute Gasteiger partial charge is 0.356 e. The van der Waals surface area contributed by atoms with Crippen LogP contribution in [0.25, 0.3) is 0 Å². The summed E-state index contributed by atoms with van der Waals surface area (Å²) in [6, 6.07) is 0. The van der Waals surface area contributed by atoms with Gasteiger partial charge in [-0.2, -0.15) is 0 Å². The zero-order valence-electron chi connectivity index (χ0n) is 13.7. The summed E-state index contributed by atoms with van der Waals surface area (Å²) in [4.78, 5) is 9.92. The van der Waals surface area contributed by atoms with Gasteiger partial charge in [0.05, 0.1) is 5.01 Å². The van der Waals surface area contributed by atoms with E-state index in [1.165, 1.54) is 48.4 Å². The zero-order valence-corrected chi connectivity index (χ0v) is 16.9. The minimum Gasteiger partial charge on any atom is -0.356 e. The van der Waals surface area contributed by atoms with Crippen molar-refractivity contribution in [3.05, 3.63) is 16.1 Å². The highest BCUT2D eigenvalue weighted by atomic mass is 127. The third-order valence-electron chi connectivity index (χ3n) is 4.08. The van der Waals surface area contributed by atoms with Crippen molar-refractivity contribution in [2.75, 3.05) is 20.1 Å². The highest BCUT2D eigenvalue weighted by Crippen LogP contribution is 2.28. The van der Waals surface area contributed by atoms with Crippen molar-refractivity contribution < 1.29 is 0 Å². The molecule has 0 radical (unpaired) electrons. The molecular weight excluding hydrogens is 407 g/mol. The van der Waals surface area contributed by atoms with Crippen LogP contribution in [0.2, 0.25) is 0 Å². The van der Waals surface area contributed by atoms with Gasteiger partial charge in [0.2, 0.25) is 0 Å². The lowest BCUT2D eigenvalue weighted by Gasteiger charge is -2.12. The minimum absolute atomic E-state index is 0.